The molecule has 0 unspecified atom stereocenters. The number of methoxy groups -OCH3 is 2. The number of nitrogens with one attached hydrogen (secondary N) is 1. The average molecular weight is 370 g/mol. The van der Waals surface area contributed by atoms with Crippen LogP contribution in [0.3, 0.4) is 0 Å². The summed E-state index contributed by atoms with van der Waals surface area (Å²) in [6.45, 7) is 0. The highest BCUT2D eigenvalue weighted by Crippen LogP contribution is 2.35. The molecule has 2 rings (SSSR count). The van der Waals surface area contributed by atoms with E-state index in [9.17, 15) is 9.59 Å². The first-order chi connectivity index (χ1) is 11.4. The third kappa shape index (κ3) is 3.72. The topological polar surface area (TPSA) is 84.9 Å². The summed E-state index contributed by atoms with van der Waals surface area (Å²) in [4.78, 5) is 23.5. The predicted octanol–water partition coefficient (Wildman–Crippen LogP) is 3.96. The normalized spacial score (nSPS) is 10.2. The number of benzene rings is 2. The molecule has 2 N–H and O–H groups in total. The maximum atomic E-state index is 12.4. The fourth-order valence-corrected chi connectivity index (χ4v) is 2.57. The molecular formula is C16H13Cl2NO5. The van der Waals surface area contributed by atoms with E-state index in [0.29, 0.717) is 5.75 Å². The van der Waals surface area contributed by atoms with E-state index in [1.165, 1.54) is 38.5 Å². The molecule has 0 fully saturated rings. The van der Waals surface area contributed by atoms with E-state index in [1.807, 2.05) is 0 Å². The zero-order valence-electron chi connectivity index (χ0n) is 12.7. The quantitative estimate of drug-likeness (QED) is 0.832. The smallest absolute Gasteiger partial charge is 0.335 e. The molecule has 0 aliphatic rings. The van der Waals surface area contributed by atoms with Gasteiger partial charge in [-0.05, 0) is 30.3 Å². The number of carboxylic acid groups (broad SMARTS) is 1. The van der Waals surface area contributed by atoms with Gasteiger partial charge in [0.1, 0.15) is 5.75 Å². The van der Waals surface area contributed by atoms with Gasteiger partial charge in [-0.2, -0.15) is 0 Å². The lowest BCUT2D eigenvalue weighted by atomic mass is 10.1. The van der Waals surface area contributed by atoms with Crippen LogP contribution in [0.15, 0.2) is 30.3 Å². The molecule has 24 heavy (non-hydrogen) atoms. The van der Waals surface area contributed by atoms with Crippen molar-refractivity contribution in [2.24, 2.45) is 0 Å². The second-order valence-corrected chi connectivity index (χ2v) is 5.46. The molecule has 2 aromatic carbocycles. The summed E-state index contributed by atoms with van der Waals surface area (Å²) >= 11 is 12.0. The number of aromatic carboxylic acids is 1. The van der Waals surface area contributed by atoms with Crippen molar-refractivity contribution >= 4 is 40.8 Å². The average Bonchev–Trinajstić information content (AvgIpc) is 2.54. The van der Waals surface area contributed by atoms with E-state index >= 15 is 0 Å². The number of anilines is 1. The highest BCUT2D eigenvalue weighted by atomic mass is 35.5. The number of amides is 1. The molecule has 0 saturated carbocycles. The lowest BCUT2D eigenvalue weighted by Gasteiger charge is -2.13. The van der Waals surface area contributed by atoms with Crippen LogP contribution in [0.2, 0.25) is 10.0 Å². The highest BCUT2D eigenvalue weighted by Gasteiger charge is 2.17. The van der Waals surface area contributed by atoms with Gasteiger partial charge in [-0.1, -0.05) is 23.2 Å². The summed E-state index contributed by atoms with van der Waals surface area (Å²) < 4.78 is 10.1. The Labute approximate surface area is 147 Å². The molecular weight excluding hydrogens is 357 g/mol. The molecule has 0 aliphatic heterocycles. The molecule has 1 amide bonds. The van der Waals surface area contributed by atoms with Gasteiger partial charge < -0.3 is 19.9 Å². The second kappa shape index (κ2) is 7.42. The minimum absolute atomic E-state index is 0.0699. The third-order valence-corrected chi connectivity index (χ3v) is 3.73. The van der Waals surface area contributed by atoms with Crippen LogP contribution in [0.1, 0.15) is 20.7 Å². The minimum atomic E-state index is -1.18. The number of carbonyl (C=O) groups is 2. The van der Waals surface area contributed by atoms with Crippen LogP contribution in [-0.4, -0.2) is 31.2 Å². The summed E-state index contributed by atoms with van der Waals surface area (Å²) in [7, 11) is 2.83. The number of carbonyl (C=O) groups excluding carboxylic acids is 1. The summed E-state index contributed by atoms with van der Waals surface area (Å²) in [5.74, 6) is -1.09. The fraction of sp³-hybridized carbons (Fsp3) is 0.125. The third-order valence-electron chi connectivity index (χ3n) is 3.16. The first kappa shape index (κ1) is 17.9. The largest absolute Gasteiger partial charge is 0.495 e. The maximum Gasteiger partial charge on any atom is 0.335 e. The van der Waals surface area contributed by atoms with E-state index in [4.69, 9.17) is 37.8 Å². The maximum absolute atomic E-state index is 12.4. The van der Waals surface area contributed by atoms with Gasteiger partial charge in [0.2, 0.25) is 0 Å². The Morgan fingerprint density at radius 3 is 2.21 bits per heavy atom. The summed E-state index contributed by atoms with van der Waals surface area (Å²) in [6, 6.07) is 7.01. The number of hydrogen-bond donors (Lipinski definition) is 2. The zero-order chi connectivity index (χ0) is 17.9. The Morgan fingerprint density at radius 1 is 1.00 bits per heavy atom. The zero-order valence-corrected chi connectivity index (χ0v) is 14.2. The van der Waals surface area contributed by atoms with Gasteiger partial charge in [0, 0.05) is 5.56 Å². The van der Waals surface area contributed by atoms with E-state index < -0.39 is 11.9 Å². The Kier molecular flexibility index (Phi) is 5.54. The van der Waals surface area contributed by atoms with Crippen LogP contribution in [0.25, 0.3) is 0 Å². The molecule has 8 heteroatoms. The standard InChI is InChI=1S/C16H13Cl2NO5/c1-23-13-4-3-8(5-10(13)17)15(20)19-12-7-9(16(21)22)6-11(18)14(12)24-2/h3-7H,1-2H3,(H,19,20)(H,21,22). The monoisotopic (exact) mass is 369 g/mol. The van der Waals surface area contributed by atoms with Crippen LogP contribution < -0.4 is 14.8 Å². The van der Waals surface area contributed by atoms with Crippen LogP contribution >= 0.6 is 23.2 Å². The number of halogens is 2. The number of carboxylic acids is 1. The van der Waals surface area contributed by atoms with E-state index in [2.05, 4.69) is 5.32 Å². The Bertz CT molecular complexity index is 807. The van der Waals surface area contributed by atoms with E-state index in [-0.39, 0.29) is 32.6 Å². The van der Waals surface area contributed by atoms with Crippen LogP contribution in [0, 0.1) is 0 Å². The lowest BCUT2D eigenvalue weighted by molar-refractivity contribution is 0.0696. The molecule has 2 aromatic rings. The molecule has 0 aromatic heterocycles. The van der Waals surface area contributed by atoms with Gasteiger partial charge in [-0.25, -0.2) is 4.79 Å². The Morgan fingerprint density at radius 2 is 1.67 bits per heavy atom. The number of rotatable bonds is 5. The molecule has 126 valence electrons. The van der Waals surface area contributed by atoms with Gasteiger partial charge >= 0.3 is 5.97 Å². The van der Waals surface area contributed by atoms with Crippen molar-refractivity contribution in [3.05, 3.63) is 51.5 Å². The van der Waals surface area contributed by atoms with Crippen molar-refractivity contribution < 1.29 is 24.2 Å². The van der Waals surface area contributed by atoms with Crippen molar-refractivity contribution in [1.29, 1.82) is 0 Å². The molecule has 0 heterocycles. The summed E-state index contributed by atoms with van der Waals surface area (Å²) in [5.41, 5.74) is 0.322. The predicted molar refractivity (Wildman–Crippen MR) is 90.9 cm³/mol. The summed E-state index contributed by atoms with van der Waals surface area (Å²) in [6.07, 6.45) is 0. The van der Waals surface area contributed by atoms with Crippen molar-refractivity contribution in [1.82, 2.24) is 0 Å². The highest BCUT2D eigenvalue weighted by molar-refractivity contribution is 6.33. The van der Waals surface area contributed by atoms with Crippen molar-refractivity contribution in [3.63, 3.8) is 0 Å². The second-order valence-electron chi connectivity index (χ2n) is 4.65. The van der Waals surface area contributed by atoms with Crippen molar-refractivity contribution in [3.8, 4) is 11.5 Å². The van der Waals surface area contributed by atoms with Gasteiger partial charge in [0.05, 0.1) is 35.5 Å². The lowest BCUT2D eigenvalue weighted by Crippen LogP contribution is -2.13. The molecule has 0 aliphatic carbocycles. The van der Waals surface area contributed by atoms with Crippen molar-refractivity contribution in [2.45, 2.75) is 0 Å². The van der Waals surface area contributed by atoms with Crippen LogP contribution in [0.4, 0.5) is 5.69 Å². The Hall–Kier alpha value is -2.44. The molecule has 0 bridgehead atoms. The van der Waals surface area contributed by atoms with Crippen LogP contribution in [0.5, 0.6) is 11.5 Å². The van der Waals surface area contributed by atoms with E-state index in [1.54, 1.807) is 6.07 Å². The van der Waals surface area contributed by atoms with Crippen LogP contribution in [-0.2, 0) is 0 Å². The van der Waals surface area contributed by atoms with Gasteiger partial charge in [0.15, 0.2) is 5.75 Å². The summed E-state index contributed by atoms with van der Waals surface area (Å²) in [5, 5.41) is 12.0. The first-order valence-electron chi connectivity index (χ1n) is 6.63. The molecule has 0 saturated heterocycles. The van der Waals surface area contributed by atoms with Gasteiger partial charge in [0.25, 0.3) is 5.91 Å². The SMILES string of the molecule is COc1ccc(C(=O)Nc2cc(C(=O)O)cc(Cl)c2OC)cc1Cl. The molecule has 0 atom stereocenters. The fourth-order valence-electron chi connectivity index (χ4n) is 2.02. The Balaban J connectivity index is 2.37. The first-order valence-corrected chi connectivity index (χ1v) is 7.38. The van der Waals surface area contributed by atoms with Crippen molar-refractivity contribution in [2.75, 3.05) is 19.5 Å². The molecule has 0 radical (unpaired) electrons. The molecule has 0 spiro atoms. The number of hydrogen-bond acceptors (Lipinski definition) is 4. The van der Waals surface area contributed by atoms with Gasteiger partial charge in [-0.3, -0.25) is 4.79 Å². The minimum Gasteiger partial charge on any atom is -0.495 e. The molecule has 6 nitrogen and oxygen atoms in total. The number of ether oxygens (including phenoxy) is 2. The van der Waals surface area contributed by atoms with E-state index in [0.717, 1.165) is 0 Å². The van der Waals surface area contributed by atoms with Gasteiger partial charge in [-0.15, -0.1) is 0 Å².